The predicted octanol–water partition coefficient (Wildman–Crippen LogP) is 1.95. The zero-order valence-electron chi connectivity index (χ0n) is 6.56. The van der Waals surface area contributed by atoms with Gasteiger partial charge in [-0.15, -0.1) is 12.3 Å². The van der Waals surface area contributed by atoms with Crippen LogP contribution < -0.4 is 0 Å². The molecule has 0 atom stereocenters. The molecule has 0 aliphatic rings. The Labute approximate surface area is 70.3 Å². The van der Waals surface area contributed by atoms with Crippen molar-refractivity contribution >= 4 is 5.97 Å². The van der Waals surface area contributed by atoms with Crippen molar-refractivity contribution in [3.63, 3.8) is 0 Å². The second kappa shape index (κ2) is 7.45. The zero-order valence-corrected chi connectivity index (χ0v) is 6.56. The fourth-order valence-electron chi connectivity index (χ4n) is 0.606. The summed E-state index contributed by atoms with van der Waals surface area (Å²) >= 11 is 0. The molecule has 0 saturated carbocycles. The fraction of sp³-hybridized carbons (Fsp3) is 0.571. The molecule has 0 unspecified atom stereocenters. The van der Waals surface area contributed by atoms with Crippen molar-refractivity contribution in [1.82, 2.24) is 0 Å². The molecule has 0 aliphatic heterocycles. The molecule has 0 spiro atoms. The average molecular weight is 167 g/mol. The molecule has 0 amide bonds. The smallest absolute Gasteiger partial charge is 0.317 e. The largest absolute Gasteiger partial charge is 0.359 e. The molecule has 0 aliphatic carbocycles. The van der Waals surface area contributed by atoms with Gasteiger partial charge < -0.3 is 4.84 Å². The Kier molecular flexibility index (Phi) is 6.42. The first-order valence-corrected chi connectivity index (χ1v) is 3.49. The minimum atomic E-state index is -0.523. The van der Waals surface area contributed by atoms with Crippen LogP contribution in [0.4, 0.5) is 0 Å². The third-order valence-corrected chi connectivity index (χ3v) is 1.13. The number of rotatable bonds is 5. The zero-order chi connectivity index (χ0) is 9.23. The van der Waals surface area contributed by atoms with Crippen molar-refractivity contribution in [2.75, 3.05) is 0 Å². The predicted molar refractivity (Wildman–Crippen MR) is 42.5 cm³/mol. The standard InChI is InChI=1S/C7H9N3O2/c1-2-3-4-5-6-7(11)12-10-9-8/h1H,3-6H2. The van der Waals surface area contributed by atoms with E-state index in [4.69, 9.17) is 12.0 Å². The van der Waals surface area contributed by atoms with E-state index in [1.54, 1.807) is 0 Å². The first-order valence-electron chi connectivity index (χ1n) is 3.49. The maximum absolute atomic E-state index is 10.6. The number of hydrogen-bond acceptors (Lipinski definition) is 3. The van der Waals surface area contributed by atoms with Crippen molar-refractivity contribution < 1.29 is 9.63 Å². The van der Waals surface area contributed by atoms with E-state index in [0.29, 0.717) is 12.8 Å². The van der Waals surface area contributed by atoms with Crippen molar-refractivity contribution in [3.8, 4) is 12.3 Å². The SMILES string of the molecule is C#CCCCCC(=O)ON=[N+]=[N-]. The number of carbonyl (C=O) groups excluding carboxylic acids is 1. The molecule has 0 rings (SSSR count). The highest BCUT2D eigenvalue weighted by molar-refractivity contribution is 5.68. The van der Waals surface area contributed by atoms with E-state index in [1.807, 2.05) is 0 Å². The highest BCUT2D eigenvalue weighted by atomic mass is 16.7. The minimum absolute atomic E-state index is 0.237. The van der Waals surface area contributed by atoms with Gasteiger partial charge in [-0.2, -0.15) is 0 Å². The van der Waals surface area contributed by atoms with Gasteiger partial charge in [-0.05, 0) is 18.4 Å². The van der Waals surface area contributed by atoms with E-state index in [0.717, 1.165) is 6.42 Å². The Morgan fingerprint density at radius 3 is 3.00 bits per heavy atom. The van der Waals surface area contributed by atoms with Crippen molar-refractivity contribution in [2.45, 2.75) is 25.7 Å². The topological polar surface area (TPSA) is 75.1 Å². The van der Waals surface area contributed by atoms with E-state index >= 15 is 0 Å². The van der Waals surface area contributed by atoms with Gasteiger partial charge in [-0.25, -0.2) is 0 Å². The van der Waals surface area contributed by atoms with E-state index in [-0.39, 0.29) is 6.42 Å². The molecule has 0 aromatic heterocycles. The molecule has 64 valence electrons. The molecular formula is C7H9N3O2. The van der Waals surface area contributed by atoms with Gasteiger partial charge in [0.15, 0.2) is 0 Å². The maximum Gasteiger partial charge on any atom is 0.317 e. The number of hydrogen-bond donors (Lipinski definition) is 0. The van der Waals surface area contributed by atoms with Crippen LogP contribution in [0.5, 0.6) is 0 Å². The van der Waals surface area contributed by atoms with Gasteiger partial charge in [0.25, 0.3) is 0 Å². The highest BCUT2D eigenvalue weighted by Crippen LogP contribution is 2.00. The van der Waals surface area contributed by atoms with Crippen LogP contribution in [0.3, 0.4) is 0 Å². The summed E-state index contributed by atoms with van der Waals surface area (Å²) in [5.74, 6) is 1.93. The lowest BCUT2D eigenvalue weighted by Crippen LogP contribution is -1.97. The quantitative estimate of drug-likeness (QED) is 0.157. The summed E-state index contributed by atoms with van der Waals surface area (Å²) in [6.07, 6.45) is 7.31. The number of terminal acetylenes is 1. The first kappa shape index (κ1) is 10.3. The van der Waals surface area contributed by atoms with E-state index in [2.05, 4.69) is 20.9 Å². The lowest BCUT2D eigenvalue weighted by Gasteiger charge is -1.94. The molecule has 5 heteroatoms. The molecule has 5 nitrogen and oxygen atoms in total. The number of nitrogens with zero attached hydrogens (tertiary/aromatic N) is 3. The maximum atomic E-state index is 10.6. The lowest BCUT2D eigenvalue weighted by atomic mass is 10.2. The average Bonchev–Trinajstić information content (AvgIpc) is 2.09. The minimum Gasteiger partial charge on any atom is -0.359 e. The first-order chi connectivity index (χ1) is 5.81. The highest BCUT2D eigenvalue weighted by Gasteiger charge is 1.99. The molecule has 0 aromatic carbocycles. The van der Waals surface area contributed by atoms with E-state index < -0.39 is 5.97 Å². The molecule has 0 heterocycles. The Morgan fingerprint density at radius 2 is 2.42 bits per heavy atom. The van der Waals surface area contributed by atoms with Gasteiger partial charge in [0.05, 0.1) is 0 Å². The Morgan fingerprint density at radius 1 is 1.67 bits per heavy atom. The molecule has 0 saturated heterocycles. The molecular weight excluding hydrogens is 158 g/mol. The van der Waals surface area contributed by atoms with Crippen LogP contribution in [0, 0.1) is 12.3 Å². The van der Waals surface area contributed by atoms with Crippen LogP contribution in [-0.2, 0) is 9.63 Å². The lowest BCUT2D eigenvalue weighted by molar-refractivity contribution is -0.144. The van der Waals surface area contributed by atoms with Gasteiger partial charge in [0.2, 0.25) is 0 Å². The monoisotopic (exact) mass is 167 g/mol. The molecule has 0 N–H and O–H groups in total. The van der Waals surface area contributed by atoms with Crippen LogP contribution >= 0.6 is 0 Å². The molecule has 12 heavy (non-hydrogen) atoms. The summed E-state index contributed by atoms with van der Waals surface area (Å²) < 4.78 is 0. The molecule has 0 fully saturated rings. The Hall–Kier alpha value is -1.66. The second-order valence-electron chi connectivity index (χ2n) is 2.05. The summed E-state index contributed by atoms with van der Waals surface area (Å²) in [6, 6.07) is 0. The van der Waals surface area contributed by atoms with Crippen LogP contribution in [0.25, 0.3) is 10.4 Å². The van der Waals surface area contributed by atoms with Crippen molar-refractivity contribution in [1.29, 1.82) is 0 Å². The van der Waals surface area contributed by atoms with Gasteiger partial charge >= 0.3 is 5.97 Å². The molecule has 0 radical (unpaired) electrons. The van der Waals surface area contributed by atoms with Crippen molar-refractivity contribution in [2.24, 2.45) is 5.28 Å². The third-order valence-electron chi connectivity index (χ3n) is 1.13. The van der Waals surface area contributed by atoms with Crippen LogP contribution in [0.15, 0.2) is 5.28 Å². The van der Waals surface area contributed by atoms with E-state index in [9.17, 15) is 4.79 Å². The number of unbranched alkanes of at least 4 members (excludes halogenated alkanes) is 2. The normalized spacial score (nSPS) is 7.92. The summed E-state index contributed by atoms with van der Waals surface area (Å²) in [6.45, 7) is 0. The molecule has 0 bridgehead atoms. The fourth-order valence-corrected chi connectivity index (χ4v) is 0.606. The van der Waals surface area contributed by atoms with Gasteiger partial charge in [0.1, 0.15) is 5.28 Å². The summed E-state index contributed by atoms with van der Waals surface area (Å²) in [5, 5.41) is 2.66. The summed E-state index contributed by atoms with van der Waals surface area (Å²) in [4.78, 5) is 17.0. The number of azide groups is 1. The Bertz CT molecular complexity index is 225. The number of carbonyl (C=O) groups is 1. The summed E-state index contributed by atoms with van der Waals surface area (Å²) in [5.41, 5.74) is 7.78. The second-order valence-corrected chi connectivity index (χ2v) is 2.05. The van der Waals surface area contributed by atoms with Gasteiger partial charge in [-0.3, -0.25) is 4.79 Å². The van der Waals surface area contributed by atoms with E-state index in [1.165, 1.54) is 0 Å². The summed E-state index contributed by atoms with van der Waals surface area (Å²) in [7, 11) is 0. The Balaban J connectivity index is 3.32. The van der Waals surface area contributed by atoms with Gasteiger partial charge in [-0.1, -0.05) is 0 Å². The van der Waals surface area contributed by atoms with Crippen LogP contribution in [0.1, 0.15) is 25.7 Å². The van der Waals surface area contributed by atoms with Gasteiger partial charge in [0, 0.05) is 17.8 Å². The third kappa shape index (κ3) is 6.46. The van der Waals surface area contributed by atoms with Crippen LogP contribution in [-0.4, -0.2) is 5.97 Å². The van der Waals surface area contributed by atoms with Crippen molar-refractivity contribution in [3.05, 3.63) is 10.4 Å². The van der Waals surface area contributed by atoms with Crippen LogP contribution in [0.2, 0.25) is 0 Å². The molecule has 0 aromatic rings.